The normalized spacial score (nSPS) is 15.5. The number of hydrogen-bond acceptors (Lipinski definition) is 9. The van der Waals surface area contributed by atoms with Gasteiger partial charge in [0.1, 0.15) is 0 Å². The summed E-state index contributed by atoms with van der Waals surface area (Å²) >= 11 is 0. The van der Waals surface area contributed by atoms with Crippen LogP contribution in [0.15, 0.2) is 0 Å². The Bertz CT molecular complexity index is 468. The van der Waals surface area contributed by atoms with Crippen molar-refractivity contribution >= 4 is 23.9 Å². The van der Waals surface area contributed by atoms with Gasteiger partial charge in [-0.3, -0.25) is 14.9 Å². The molecule has 0 aromatic rings. The summed E-state index contributed by atoms with van der Waals surface area (Å²) in [6.07, 6.45) is -4.27. The lowest BCUT2D eigenvalue weighted by Gasteiger charge is -2.28. The second-order valence-electron chi connectivity index (χ2n) is 4.38. The lowest BCUT2D eigenvalue weighted by Crippen LogP contribution is -2.57. The molecular weight excluding hydrogens is 310 g/mol. The van der Waals surface area contributed by atoms with Crippen LogP contribution in [0, 0.1) is 0 Å². The average Bonchev–Trinajstić information content (AvgIpc) is 2.30. The van der Waals surface area contributed by atoms with Crippen molar-refractivity contribution < 1.29 is 54.6 Å². The second-order valence-corrected chi connectivity index (χ2v) is 4.38. The first kappa shape index (κ1) is 19.7. The minimum atomic E-state index is -3.41. The van der Waals surface area contributed by atoms with Gasteiger partial charge in [0.25, 0.3) is 0 Å². The molecule has 0 aromatic heterocycles. The van der Waals surface area contributed by atoms with Gasteiger partial charge in [-0.1, -0.05) is 0 Å². The lowest BCUT2D eigenvalue weighted by molar-refractivity contribution is -0.200. The van der Waals surface area contributed by atoms with E-state index in [0.717, 1.165) is 6.92 Å². The fourth-order valence-corrected chi connectivity index (χ4v) is 1.28. The van der Waals surface area contributed by atoms with E-state index in [4.69, 9.17) is 25.5 Å². The van der Waals surface area contributed by atoms with Gasteiger partial charge in [0.15, 0.2) is 0 Å². The fraction of sp³-hybridized carbons (Fsp3) is 0.600. The molecule has 2 atom stereocenters. The molecule has 12 heteroatoms. The minimum absolute atomic E-state index is 0.826. The highest BCUT2D eigenvalue weighted by molar-refractivity contribution is 5.92. The van der Waals surface area contributed by atoms with Crippen LogP contribution in [0.1, 0.15) is 13.3 Å². The highest BCUT2D eigenvalue weighted by atomic mass is 16.6. The summed E-state index contributed by atoms with van der Waals surface area (Å²) in [5.74, 6) is -10.1. The number of esters is 1. The zero-order valence-corrected chi connectivity index (χ0v) is 11.2. The molecule has 0 aromatic carbocycles. The summed E-state index contributed by atoms with van der Waals surface area (Å²) in [4.78, 5) is 43.8. The number of carbonyl (C=O) groups is 4. The zero-order chi connectivity index (χ0) is 17.7. The van der Waals surface area contributed by atoms with Gasteiger partial charge in [-0.25, -0.2) is 9.59 Å². The van der Waals surface area contributed by atoms with Crippen LogP contribution in [0.5, 0.6) is 0 Å². The van der Waals surface area contributed by atoms with Gasteiger partial charge in [-0.05, 0) is 0 Å². The van der Waals surface area contributed by atoms with Crippen molar-refractivity contribution in [3.05, 3.63) is 0 Å². The predicted octanol–water partition coefficient (Wildman–Crippen LogP) is -3.48. The third-order valence-corrected chi connectivity index (χ3v) is 2.27. The Labute approximate surface area is 122 Å². The third kappa shape index (κ3) is 6.01. The average molecular weight is 325 g/mol. The molecule has 0 aliphatic heterocycles. The molecule has 0 heterocycles. The van der Waals surface area contributed by atoms with Gasteiger partial charge in [0.2, 0.25) is 17.6 Å². The molecule has 0 bridgehead atoms. The maximum absolute atomic E-state index is 11.3. The van der Waals surface area contributed by atoms with Crippen LogP contribution in [0.2, 0.25) is 0 Å². The smallest absolute Gasteiger partial charge is 0.348 e. The van der Waals surface area contributed by atoms with Crippen molar-refractivity contribution in [2.24, 2.45) is 0 Å². The van der Waals surface area contributed by atoms with Crippen molar-refractivity contribution in [3.8, 4) is 0 Å². The molecular formula is C10H15NO11. The van der Waals surface area contributed by atoms with Crippen molar-refractivity contribution in [2.75, 3.05) is 6.54 Å². The van der Waals surface area contributed by atoms with E-state index in [0.29, 0.717) is 0 Å². The first-order valence-electron chi connectivity index (χ1n) is 5.59. The van der Waals surface area contributed by atoms with E-state index in [2.05, 4.69) is 4.74 Å². The van der Waals surface area contributed by atoms with E-state index in [1.807, 2.05) is 0 Å². The number of aliphatic carboxylic acids is 3. The summed E-state index contributed by atoms with van der Waals surface area (Å²) in [5.41, 5.74) is -3.41. The zero-order valence-electron chi connectivity index (χ0n) is 11.2. The second kappa shape index (κ2) is 7.13. The number of carbonyl (C=O) groups excluding carboxylic acids is 1. The van der Waals surface area contributed by atoms with E-state index < -0.39 is 54.5 Å². The Morgan fingerprint density at radius 1 is 1.09 bits per heavy atom. The van der Waals surface area contributed by atoms with E-state index >= 15 is 0 Å². The monoisotopic (exact) mass is 325 g/mol. The minimum Gasteiger partial charge on any atom is -0.481 e. The quantitative estimate of drug-likeness (QED) is 0.163. The van der Waals surface area contributed by atoms with Crippen LogP contribution in [0.4, 0.5) is 0 Å². The maximum Gasteiger partial charge on any atom is 0.348 e. The fourth-order valence-electron chi connectivity index (χ4n) is 1.28. The van der Waals surface area contributed by atoms with Crippen molar-refractivity contribution in [1.29, 1.82) is 0 Å². The van der Waals surface area contributed by atoms with Gasteiger partial charge in [0, 0.05) is 6.92 Å². The molecule has 12 nitrogen and oxygen atoms in total. The molecule has 0 saturated heterocycles. The highest BCUT2D eigenvalue weighted by Gasteiger charge is 2.53. The topological polar surface area (TPSA) is 211 Å². The molecule has 126 valence electrons. The number of rotatable bonds is 9. The molecule has 22 heavy (non-hydrogen) atoms. The Balaban J connectivity index is 5.19. The lowest BCUT2D eigenvalue weighted by atomic mass is 9.92. The number of carboxylic acids is 3. The van der Waals surface area contributed by atoms with Gasteiger partial charge < -0.3 is 35.4 Å². The van der Waals surface area contributed by atoms with E-state index in [-0.39, 0.29) is 0 Å². The van der Waals surface area contributed by atoms with E-state index in [9.17, 15) is 24.3 Å². The Kier molecular flexibility index (Phi) is 6.39. The number of nitrogens with one attached hydrogen (secondary N) is 1. The summed E-state index contributed by atoms with van der Waals surface area (Å²) < 4.78 is 4.22. The van der Waals surface area contributed by atoms with Crippen molar-refractivity contribution in [1.82, 2.24) is 5.32 Å². The molecule has 0 aliphatic carbocycles. The van der Waals surface area contributed by atoms with Crippen molar-refractivity contribution in [2.45, 2.75) is 31.0 Å². The number of carboxylic acid groups (broad SMARTS) is 3. The Morgan fingerprint density at radius 2 is 1.59 bits per heavy atom. The van der Waals surface area contributed by atoms with Gasteiger partial charge in [-0.15, -0.1) is 0 Å². The first-order valence-corrected chi connectivity index (χ1v) is 5.59. The standard InChI is InChI=1S/C10H15NO11/c1-9(19,20)11-3-5(14)22-6(7(15)16)10(21,8(17)18)2-4(12)13/h6,11,19-21H,2-3H2,1H3,(H,12,13)(H,15,16)(H,17,18). The molecule has 0 rings (SSSR count). The van der Waals surface area contributed by atoms with Crippen molar-refractivity contribution in [3.63, 3.8) is 0 Å². The Hall–Kier alpha value is -2.28. The molecule has 2 unspecified atom stereocenters. The van der Waals surface area contributed by atoms with Crippen LogP contribution in [0.3, 0.4) is 0 Å². The number of aliphatic hydroxyl groups is 3. The predicted molar refractivity (Wildman–Crippen MR) is 63.2 cm³/mol. The van der Waals surface area contributed by atoms with Gasteiger partial charge >= 0.3 is 23.9 Å². The van der Waals surface area contributed by atoms with Crippen LogP contribution < -0.4 is 5.32 Å². The van der Waals surface area contributed by atoms with Gasteiger partial charge in [0.05, 0.1) is 13.0 Å². The van der Waals surface area contributed by atoms with Gasteiger partial charge in [-0.2, -0.15) is 0 Å². The molecule has 7 N–H and O–H groups in total. The third-order valence-electron chi connectivity index (χ3n) is 2.27. The highest BCUT2D eigenvalue weighted by Crippen LogP contribution is 2.20. The summed E-state index contributed by atoms with van der Waals surface area (Å²) in [6, 6.07) is 0. The summed E-state index contributed by atoms with van der Waals surface area (Å²) in [6.45, 7) is -0.122. The van der Waals surface area contributed by atoms with Crippen LogP contribution in [-0.4, -0.2) is 78.7 Å². The van der Waals surface area contributed by atoms with Crippen LogP contribution in [0.25, 0.3) is 0 Å². The summed E-state index contributed by atoms with van der Waals surface area (Å²) in [5, 5.41) is 55.4. The number of ether oxygens (including phenoxy) is 1. The number of hydrogen-bond donors (Lipinski definition) is 7. The largest absolute Gasteiger partial charge is 0.481 e. The van der Waals surface area contributed by atoms with E-state index in [1.54, 1.807) is 5.32 Å². The maximum atomic E-state index is 11.3. The molecule has 0 amide bonds. The molecule has 0 saturated carbocycles. The van der Waals surface area contributed by atoms with Crippen LogP contribution >= 0.6 is 0 Å². The first-order chi connectivity index (χ1) is 9.79. The molecule has 0 fully saturated rings. The SMILES string of the molecule is CC(O)(O)NCC(=O)OC(C(=O)O)C(O)(CC(=O)O)C(=O)O. The molecule has 0 aliphatic rings. The summed E-state index contributed by atoms with van der Waals surface area (Å²) in [7, 11) is 0. The molecule has 0 radical (unpaired) electrons. The van der Waals surface area contributed by atoms with Crippen LogP contribution in [-0.2, 0) is 23.9 Å². The Morgan fingerprint density at radius 3 is 1.91 bits per heavy atom. The molecule has 0 spiro atoms. The van der Waals surface area contributed by atoms with E-state index in [1.165, 1.54) is 0 Å².